The highest BCUT2D eigenvalue weighted by Gasteiger charge is 2.19. The number of likely N-dealkylation sites (tertiary alicyclic amines) is 1. The molecule has 0 aromatic rings. The SMILES string of the molecule is NCC1CCCN(CCOC2CCCCO2)C1. The first kappa shape index (κ1) is 13.3. The molecule has 2 atom stereocenters. The van der Waals surface area contributed by atoms with Gasteiger partial charge in [-0.15, -0.1) is 0 Å². The molecule has 0 aliphatic carbocycles. The van der Waals surface area contributed by atoms with Crippen molar-refractivity contribution in [2.45, 2.75) is 38.4 Å². The molecule has 0 spiro atoms. The van der Waals surface area contributed by atoms with Crippen LogP contribution in [0.3, 0.4) is 0 Å². The van der Waals surface area contributed by atoms with Crippen molar-refractivity contribution >= 4 is 0 Å². The van der Waals surface area contributed by atoms with Crippen LogP contribution >= 0.6 is 0 Å². The molecule has 0 radical (unpaired) electrons. The lowest BCUT2D eigenvalue weighted by Gasteiger charge is -2.32. The second kappa shape index (κ2) is 7.31. The van der Waals surface area contributed by atoms with Crippen molar-refractivity contribution in [3.05, 3.63) is 0 Å². The Balaban J connectivity index is 1.57. The number of nitrogens with zero attached hydrogens (tertiary/aromatic N) is 1. The zero-order valence-corrected chi connectivity index (χ0v) is 10.8. The third kappa shape index (κ3) is 4.54. The van der Waals surface area contributed by atoms with E-state index >= 15 is 0 Å². The van der Waals surface area contributed by atoms with E-state index in [1.807, 2.05) is 0 Å². The van der Waals surface area contributed by atoms with Crippen molar-refractivity contribution in [1.29, 1.82) is 0 Å². The number of nitrogens with two attached hydrogens (primary N) is 1. The van der Waals surface area contributed by atoms with Gasteiger partial charge in [-0.25, -0.2) is 0 Å². The van der Waals surface area contributed by atoms with E-state index < -0.39 is 0 Å². The summed E-state index contributed by atoms with van der Waals surface area (Å²) in [5, 5.41) is 0. The van der Waals surface area contributed by atoms with Crippen LogP contribution in [-0.4, -0.2) is 50.6 Å². The second-order valence-electron chi connectivity index (χ2n) is 5.21. The Hall–Kier alpha value is -0.160. The summed E-state index contributed by atoms with van der Waals surface area (Å²) >= 11 is 0. The molecule has 2 aliphatic heterocycles. The predicted octanol–water partition coefficient (Wildman–Crippen LogP) is 1.20. The monoisotopic (exact) mass is 242 g/mol. The normalized spacial score (nSPS) is 31.6. The van der Waals surface area contributed by atoms with E-state index in [9.17, 15) is 0 Å². The number of hydrogen-bond donors (Lipinski definition) is 1. The maximum atomic E-state index is 5.76. The topological polar surface area (TPSA) is 47.7 Å². The third-order valence-electron chi connectivity index (χ3n) is 3.79. The predicted molar refractivity (Wildman–Crippen MR) is 67.8 cm³/mol. The molecular formula is C13H26N2O2. The molecule has 0 aromatic heterocycles. The van der Waals surface area contributed by atoms with Gasteiger partial charge in [0.15, 0.2) is 6.29 Å². The van der Waals surface area contributed by atoms with Gasteiger partial charge in [0, 0.05) is 19.7 Å². The maximum Gasteiger partial charge on any atom is 0.157 e. The first-order chi connectivity index (χ1) is 8.38. The van der Waals surface area contributed by atoms with E-state index in [0.29, 0.717) is 5.92 Å². The molecule has 4 nitrogen and oxygen atoms in total. The molecule has 0 saturated carbocycles. The van der Waals surface area contributed by atoms with E-state index in [0.717, 1.165) is 39.3 Å². The third-order valence-corrected chi connectivity index (χ3v) is 3.79. The Bertz CT molecular complexity index is 208. The molecule has 2 unspecified atom stereocenters. The minimum absolute atomic E-state index is 0.0545. The minimum atomic E-state index is 0.0545. The fraction of sp³-hybridized carbons (Fsp3) is 1.00. The number of ether oxygens (including phenoxy) is 2. The van der Waals surface area contributed by atoms with Crippen molar-refractivity contribution in [2.24, 2.45) is 11.7 Å². The quantitative estimate of drug-likeness (QED) is 0.787. The van der Waals surface area contributed by atoms with Gasteiger partial charge in [-0.1, -0.05) is 0 Å². The Kier molecular flexibility index (Phi) is 5.71. The van der Waals surface area contributed by atoms with E-state index in [1.165, 1.54) is 32.2 Å². The summed E-state index contributed by atoms with van der Waals surface area (Å²) in [4.78, 5) is 2.48. The zero-order chi connectivity index (χ0) is 11.9. The molecule has 0 aromatic carbocycles. The Morgan fingerprint density at radius 3 is 2.94 bits per heavy atom. The lowest BCUT2D eigenvalue weighted by atomic mass is 9.98. The molecule has 0 bridgehead atoms. The lowest BCUT2D eigenvalue weighted by Crippen LogP contribution is -2.40. The maximum absolute atomic E-state index is 5.76. The molecule has 17 heavy (non-hydrogen) atoms. The molecular weight excluding hydrogens is 216 g/mol. The van der Waals surface area contributed by atoms with Gasteiger partial charge >= 0.3 is 0 Å². The van der Waals surface area contributed by atoms with Crippen LogP contribution in [0.1, 0.15) is 32.1 Å². The molecule has 4 heteroatoms. The van der Waals surface area contributed by atoms with Gasteiger partial charge in [-0.05, 0) is 51.1 Å². The number of rotatable bonds is 5. The molecule has 2 aliphatic rings. The molecule has 2 rings (SSSR count). The summed E-state index contributed by atoms with van der Waals surface area (Å²) in [7, 11) is 0. The summed E-state index contributed by atoms with van der Waals surface area (Å²) in [6.45, 7) is 5.85. The van der Waals surface area contributed by atoms with Crippen LogP contribution in [-0.2, 0) is 9.47 Å². The van der Waals surface area contributed by atoms with Gasteiger partial charge in [0.2, 0.25) is 0 Å². The summed E-state index contributed by atoms with van der Waals surface area (Å²) in [6, 6.07) is 0. The van der Waals surface area contributed by atoms with Crippen molar-refractivity contribution in [3.8, 4) is 0 Å². The Morgan fingerprint density at radius 1 is 1.24 bits per heavy atom. The minimum Gasteiger partial charge on any atom is -0.353 e. The molecule has 2 N–H and O–H groups in total. The van der Waals surface area contributed by atoms with Gasteiger partial charge < -0.3 is 20.1 Å². The van der Waals surface area contributed by atoms with Crippen LogP contribution < -0.4 is 5.73 Å². The van der Waals surface area contributed by atoms with Crippen LogP contribution in [0.5, 0.6) is 0 Å². The van der Waals surface area contributed by atoms with Crippen molar-refractivity contribution in [2.75, 3.05) is 39.4 Å². The van der Waals surface area contributed by atoms with Crippen LogP contribution in [0, 0.1) is 5.92 Å². The van der Waals surface area contributed by atoms with Crippen molar-refractivity contribution < 1.29 is 9.47 Å². The van der Waals surface area contributed by atoms with E-state index in [-0.39, 0.29) is 6.29 Å². The largest absolute Gasteiger partial charge is 0.353 e. The zero-order valence-electron chi connectivity index (χ0n) is 10.8. The van der Waals surface area contributed by atoms with Gasteiger partial charge in [0.25, 0.3) is 0 Å². The lowest BCUT2D eigenvalue weighted by molar-refractivity contribution is -0.164. The molecule has 2 heterocycles. The van der Waals surface area contributed by atoms with Gasteiger partial charge in [-0.2, -0.15) is 0 Å². The Labute approximate surface area is 104 Å². The number of piperidine rings is 1. The molecule has 100 valence electrons. The smallest absolute Gasteiger partial charge is 0.157 e. The van der Waals surface area contributed by atoms with E-state index in [4.69, 9.17) is 15.2 Å². The molecule has 0 amide bonds. The van der Waals surface area contributed by atoms with Crippen LogP contribution in [0.25, 0.3) is 0 Å². The van der Waals surface area contributed by atoms with Gasteiger partial charge in [-0.3, -0.25) is 0 Å². The summed E-state index contributed by atoms with van der Waals surface area (Å²) in [5.41, 5.74) is 5.73. The van der Waals surface area contributed by atoms with Crippen LogP contribution in [0.2, 0.25) is 0 Å². The standard InChI is InChI=1S/C13H26N2O2/c14-10-12-4-3-6-15(11-12)7-9-17-13-5-1-2-8-16-13/h12-13H,1-11,14H2. The van der Waals surface area contributed by atoms with Gasteiger partial charge in [0.05, 0.1) is 6.61 Å². The fourth-order valence-corrected chi connectivity index (χ4v) is 2.70. The first-order valence-electron chi connectivity index (χ1n) is 7.04. The summed E-state index contributed by atoms with van der Waals surface area (Å²) < 4.78 is 11.3. The van der Waals surface area contributed by atoms with E-state index in [1.54, 1.807) is 0 Å². The highest BCUT2D eigenvalue weighted by molar-refractivity contribution is 4.73. The van der Waals surface area contributed by atoms with Crippen molar-refractivity contribution in [1.82, 2.24) is 4.90 Å². The summed E-state index contributed by atoms with van der Waals surface area (Å²) in [5.74, 6) is 0.690. The fourth-order valence-electron chi connectivity index (χ4n) is 2.70. The van der Waals surface area contributed by atoms with Crippen LogP contribution in [0.4, 0.5) is 0 Å². The van der Waals surface area contributed by atoms with Gasteiger partial charge in [0.1, 0.15) is 0 Å². The molecule has 2 saturated heterocycles. The average molecular weight is 242 g/mol. The average Bonchev–Trinajstić information content (AvgIpc) is 2.40. The second-order valence-corrected chi connectivity index (χ2v) is 5.21. The Morgan fingerprint density at radius 2 is 2.18 bits per heavy atom. The molecule has 2 fully saturated rings. The summed E-state index contributed by atoms with van der Waals surface area (Å²) in [6.07, 6.45) is 6.11. The van der Waals surface area contributed by atoms with E-state index in [2.05, 4.69) is 4.90 Å². The first-order valence-corrected chi connectivity index (χ1v) is 7.04. The number of hydrogen-bond acceptors (Lipinski definition) is 4. The van der Waals surface area contributed by atoms with Crippen LogP contribution in [0.15, 0.2) is 0 Å². The highest BCUT2D eigenvalue weighted by Crippen LogP contribution is 2.16. The van der Waals surface area contributed by atoms with Crippen molar-refractivity contribution in [3.63, 3.8) is 0 Å². The highest BCUT2D eigenvalue weighted by atomic mass is 16.7.